The summed E-state index contributed by atoms with van der Waals surface area (Å²) in [5, 5.41) is 0. The number of carbonyl (C=O) groups is 1. The van der Waals surface area contributed by atoms with E-state index in [2.05, 4.69) is 20.9 Å². The average molecular weight is 254 g/mol. The Balaban J connectivity index is 2.97. The van der Waals surface area contributed by atoms with E-state index < -0.39 is 17.7 Å². The molecule has 0 radical (unpaired) electrons. The molecule has 0 spiro atoms. The van der Waals surface area contributed by atoms with Crippen LogP contribution in [0.4, 0.5) is 13.2 Å². The lowest BCUT2D eigenvalue weighted by Gasteiger charge is -2.03. The van der Waals surface area contributed by atoms with Crippen molar-refractivity contribution in [1.29, 1.82) is 0 Å². The molecule has 1 aromatic heterocycles. The van der Waals surface area contributed by atoms with Crippen LogP contribution in [0.5, 0.6) is 0 Å². The fourth-order valence-corrected chi connectivity index (χ4v) is 0.890. The highest BCUT2D eigenvalue weighted by molar-refractivity contribution is 9.10. The van der Waals surface area contributed by atoms with Crippen LogP contribution in [0.15, 0.2) is 22.8 Å². The summed E-state index contributed by atoms with van der Waals surface area (Å²) >= 11 is 2.99. The van der Waals surface area contributed by atoms with Crippen LogP contribution in [0.25, 0.3) is 0 Å². The number of alkyl halides is 3. The second kappa shape index (κ2) is 3.45. The molecule has 1 heterocycles. The highest BCUT2D eigenvalue weighted by Crippen LogP contribution is 2.20. The molecule has 0 aromatic carbocycles. The molecule has 70 valence electrons. The van der Waals surface area contributed by atoms with Gasteiger partial charge in [-0.15, -0.1) is 0 Å². The van der Waals surface area contributed by atoms with Crippen LogP contribution in [0, 0.1) is 0 Å². The molecule has 13 heavy (non-hydrogen) atoms. The van der Waals surface area contributed by atoms with Gasteiger partial charge in [0.05, 0.1) is 0 Å². The minimum atomic E-state index is -4.86. The Hall–Kier alpha value is -0.910. The first-order valence-corrected chi connectivity index (χ1v) is 3.93. The smallest absolute Gasteiger partial charge is 0.282 e. The van der Waals surface area contributed by atoms with Crippen molar-refractivity contribution in [3.63, 3.8) is 0 Å². The quantitative estimate of drug-likeness (QED) is 0.721. The summed E-state index contributed by atoms with van der Waals surface area (Å²) < 4.78 is 36.0. The lowest BCUT2D eigenvalue weighted by molar-refractivity contribution is -0.0888. The van der Waals surface area contributed by atoms with E-state index in [0.29, 0.717) is 4.47 Å². The number of aromatic nitrogens is 1. The maximum Gasteiger partial charge on any atom is 0.456 e. The van der Waals surface area contributed by atoms with E-state index in [1.807, 2.05) is 0 Å². The molecular formula is C7H3BrF3NO. The minimum absolute atomic E-state index is 0.520. The molecule has 0 fully saturated rings. The van der Waals surface area contributed by atoms with E-state index in [0.717, 1.165) is 12.3 Å². The molecule has 6 heteroatoms. The predicted octanol–water partition coefficient (Wildman–Crippen LogP) is 2.59. The summed E-state index contributed by atoms with van der Waals surface area (Å²) in [6.07, 6.45) is -3.72. The number of halogens is 4. The number of ketones is 1. The molecule has 0 aliphatic carbocycles. The van der Waals surface area contributed by atoms with Crippen molar-refractivity contribution in [1.82, 2.24) is 4.98 Å². The van der Waals surface area contributed by atoms with Crippen LogP contribution in [-0.4, -0.2) is 16.9 Å². The number of carbonyl (C=O) groups excluding carboxylic acids is 1. The fourth-order valence-electron chi connectivity index (χ4n) is 0.655. The normalized spacial score (nSPS) is 11.4. The van der Waals surface area contributed by atoms with Crippen LogP contribution in [0.2, 0.25) is 0 Å². The Morgan fingerprint density at radius 1 is 1.38 bits per heavy atom. The first kappa shape index (κ1) is 10.2. The summed E-state index contributed by atoms with van der Waals surface area (Å²) in [5.74, 6) is -1.93. The second-order valence-corrected chi connectivity index (χ2v) is 3.10. The number of Topliss-reactive ketones (excluding diaryl/α,β-unsaturated/α-hetero) is 1. The van der Waals surface area contributed by atoms with Gasteiger partial charge in [0.2, 0.25) is 0 Å². The zero-order valence-corrected chi connectivity index (χ0v) is 7.69. The molecule has 0 unspecified atom stereocenters. The Morgan fingerprint density at radius 3 is 2.38 bits per heavy atom. The monoisotopic (exact) mass is 253 g/mol. The molecule has 0 saturated heterocycles. The van der Waals surface area contributed by atoms with E-state index in [4.69, 9.17) is 0 Å². The van der Waals surface area contributed by atoms with E-state index in [9.17, 15) is 18.0 Å². The summed E-state index contributed by atoms with van der Waals surface area (Å²) in [5.41, 5.74) is -0.601. The van der Waals surface area contributed by atoms with Gasteiger partial charge >= 0.3 is 6.18 Å². The summed E-state index contributed by atoms with van der Waals surface area (Å²) in [6, 6.07) is 2.34. The van der Waals surface area contributed by atoms with Gasteiger partial charge in [-0.2, -0.15) is 13.2 Å². The number of hydrogen-bond donors (Lipinski definition) is 0. The summed E-state index contributed by atoms with van der Waals surface area (Å²) in [4.78, 5) is 13.9. The highest BCUT2D eigenvalue weighted by atomic mass is 79.9. The molecule has 1 aromatic rings. The van der Waals surface area contributed by atoms with Gasteiger partial charge in [-0.25, -0.2) is 0 Å². The van der Waals surface area contributed by atoms with Gasteiger partial charge < -0.3 is 0 Å². The van der Waals surface area contributed by atoms with Crippen molar-refractivity contribution in [2.75, 3.05) is 0 Å². The molecular weight excluding hydrogens is 251 g/mol. The molecule has 0 aliphatic rings. The highest BCUT2D eigenvalue weighted by Gasteiger charge is 2.40. The number of nitrogens with zero attached hydrogens (tertiary/aromatic N) is 1. The molecule has 0 atom stereocenters. The Labute approximate surface area is 79.9 Å². The zero-order valence-electron chi connectivity index (χ0n) is 6.10. The van der Waals surface area contributed by atoms with Gasteiger partial charge in [0.1, 0.15) is 5.69 Å². The summed E-state index contributed by atoms with van der Waals surface area (Å²) in [7, 11) is 0. The van der Waals surface area contributed by atoms with E-state index in [-0.39, 0.29) is 0 Å². The molecule has 0 bridgehead atoms. The third-order valence-corrected chi connectivity index (χ3v) is 1.69. The molecule has 0 amide bonds. The number of rotatable bonds is 1. The molecule has 0 saturated carbocycles. The van der Waals surface area contributed by atoms with Gasteiger partial charge in [0.15, 0.2) is 0 Å². The topological polar surface area (TPSA) is 30.0 Å². The van der Waals surface area contributed by atoms with Crippen molar-refractivity contribution in [3.05, 3.63) is 28.5 Å². The SMILES string of the molecule is O=C(c1ccc(Br)cn1)C(F)(F)F. The largest absolute Gasteiger partial charge is 0.456 e. The van der Waals surface area contributed by atoms with E-state index >= 15 is 0 Å². The van der Waals surface area contributed by atoms with Crippen molar-refractivity contribution in [3.8, 4) is 0 Å². The predicted molar refractivity (Wildman–Crippen MR) is 42.3 cm³/mol. The molecule has 0 aliphatic heterocycles. The lowest BCUT2D eigenvalue weighted by atomic mass is 10.2. The van der Waals surface area contributed by atoms with Crippen LogP contribution >= 0.6 is 15.9 Å². The zero-order chi connectivity index (χ0) is 10.1. The minimum Gasteiger partial charge on any atom is -0.282 e. The molecule has 1 rings (SSSR count). The van der Waals surface area contributed by atoms with Gasteiger partial charge in [-0.3, -0.25) is 9.78 Å². The Kier molecular flexibility index (Phi) is 2.70. The maximum atomic E-state index is 11.8. The fraction of sp³-hybridized carbons (Fsp3) is 0.143. The summed E-state index contributed by atoms with van der Waals surface area (Å²) in [6.45, 7) is 0. The third kappa shape index (κ3) is 2.51. The van der Waals surface area contributed by atoms with Crippen molar-refractivity contribution < 1.29 is 18.0 Å². The molecule has 0 N–H and O–H groups in total. The first-order chi connectivity index (χ1) is 5.91. The van der Waals surface area contributed by atoms with Crippen molar-refractivity contribution in [2.45, 2.75) is 6.18 Å². The standard InChI is InChI=1S/C7H3BrF3NO/c8-4-1-2-5(12-3-4)6(13)7(9,10)11/h1-3H. The van der Waals surface area contributed by atoms with Crippen LogP contribution < -0.4 is 0 Å². The molecule has 2 nitrogen and oxygen atoms in total. The average Bonchev–Trinajstić information content (AvgIpc) is 2.03. The Bertz CT molecular complexity index is 320. The van der Waals surface area contributed by atoms with Gasteiger partial charge in [-0.05, 0) is 28.1 Å². The number of hydrogen-bond acceptors (Lipinski definition) is 2. The van der Waals surface area contributed by atoms with Crippen molar-refractivity contribution >= 4 is 21.7 Å². The maximum absolute atomic E-state index is 11.8. The van der Waals surface area contributed by atoms with Gasteiger partial charge in [-0.1, -0.05) is 0 Å². The van der Waals surface area contributed by atoms with E-state index in [1.165, 1.54) is 6.07 Å². The van der Waals surface area contributed by atoms with Gasteiger partial charge in [0, 0.05) is 10.7 Å². The van der Waals surface area contributed by atoms with Gasteiger partial charge in [0.25, 0.3) is 5.78 Å². The van der Waals surface area contributed by atoms with Crippen LogP contribution in [0.3, 0.4) is 0 Å². The van der Waals surface area contributed by atoms with Crippen molar-refractivity contribution in [2.24, 2.45) is 0 Å². The van der Waals surface area contributed by atoms with Crippen LogP contribution in [-0.2, 0) is 0 Å². The second-order valence-electron chi connectivity index (χ2n) is 2.19. The third-order valence-electron chi connectivity index (χ3n) is 1.22. The van der Waals surface area contributed by atoms with E-state index in [1.54, 1.807) is 0 Å². The first-order valence-electron chi connectivity index (χ1n) is 3.14. The van der Waals surface area contributed by atoms with Crippen LogP contribution in [0.1, 0.15) is 10.5 Å². The lowest BCUT2D eigenvalue weighted by Crippen LogP contribution is -2.23. The number of pyridine rings is 1. The Morgan fingerprint density at radius 2 is 2.00 bits per heavy atom.